The summed E-state index contributed by atoms with van der Waals surface area (Å²) in [7, 11) is 0. The van der Waals surface area contributed by atoms with Crippen LogP contribution in [-0.4, -0.2) is 17.7 Å². The molecular formula is C15H20N2OS. The van der Waals surface area contributed by atoms with Gasteiger partial charge in [0, 0.05) is 16.6 Å². The van der Waals surface area contributed by atoms with Gasteiger partial charge in [-0.25, -0.2) is 0 Å². The number of amides is 1. The highest BCUT2D eigenvalue weighted by molar-refractivity contribution is 8.00. The Labute approximate surface area is 118 Å². The van der Waals surface area contributed by atoms with Gasteiger partial charge in [0.1, 0.15) is 0 Å². The molecule has 2 aliphatic rings. The van der Waals surface area contributed by atoms with Crippen molar-refractivity contribution in [1.29, 1.82) is 0 Å². The highest BCUT2D eigenvalue weighted by atomic mass is 32.2. The summed E-state index contributed by atoms with van der Waals surface area (Å²) in [6, 6.07) is 6.88. The molecule has 0 saturated heterocycles. The SMILES string of the molecule is CC1CCCC(Nc2ccc3c(c2)NC(=O)CS3)C1. The number of anilines is 2. The molecule has 19 heavy (non-hydrogen) atoms. The number of fused-ring (bicyclic) bond motifs is 1. The quantitative estimate of drug-likeness (QED) is 0.865. The van der Waals surface area contributed by atoms with Crippen LogP contribution in [0, 0.1) is 5.92 Å². The zero-order chi connectivity index (χ0) is 13.2. The van der Waals surface area contributed by atoms with Crippen molar-refractivity contribution < 1.29 is 4.79 Å². The molecule has 0 bridgehead atoms. The molecule has 0 spiro atoms. The smallest absolute Gasteiger partial charge is 0.234 e. The molecule has 1 aliphatic heterocycles. The Hall–Kier alpha value is -1.16. The minimum Gasteiger partial charge on any atom is -0.382 e. The molecule has 2 atom stereocenters. The molecule has 1 heterocycles. The molecule has 1 amide bonds. The Kier molecular flexibility index (Phi) is 3.69. The zero-order valence-electron chi connectivity index (χ0n) is 11.2. The van der Waals surface area contributed by atoms with Gasteiger partial charge in [-0.1, -0.05) is 19.8 Å². The fourth-order valence-electron chi connectivity index (χ4n) is 2.97. The molecule has 2 N–H and O–H groups in total. The van der Waals surface area contributed by atoms with Crippen molar-refractivity contribution in [1.82, 2.24) is 0 Å². The average Bonchev–Trinajstić information content (AvgIpc) is 2.38. The van der Waals surface area contributed by atoms with Gasteiger partial charge < -0.3 is 10.6 Å². The number of carbonyl (C=O) groups is 1. The topological polar surface area (TPSA) is 41.1 Å². The number of nitrogens with one attached hydrogen (secondary N) is 2. The minimum absolute atomic E-state index is 0.0981. The van der Waals surface area contributed by atoms with Gasteiger partial charge in [-0.05, 0) is 37.0 Å². The van der Waals surface area contributed by atoms with E-state index in [1.54, 1.807) is 11.8 Å². The van der Waals surface area contributed by atoms with E-state index in [1.807, 2.05) is 0 Å². The third kappa shape index (κ3) is 3.06. The monoisotopic (exact) mass is 276 g/mol. The van der Waals surface area contributed by atoms with E-state index in [2.05, 4.69) is 35.8 Å². The lowest BCUT2D eigenvalue weighted by molar-refractivity contribution is -0.113. The maximum Gasteiger partial charge on any atom is 0.234 e. The van der Waals surface area contributed by atoms with Gasteiger partial charge in [-0.2, -0.15) is 0 Å². The molecule has 4 heteroatoms. The molecule has 1 aromatic carbocycles. The highest BCUT2D eigenvalue weighted by Crippen LogP contribution is 2.34. The summed E-state index contributed by atoms with van der Waals surface area (Å²) in [5, 5.41) is 6.56. The van der Waals surface area contributed by atoms with Crippen LogP contribution < -0.4 is 10.6 Å². The number of rotatable bonds is 2. The van der Waals surface area contributed by atoms with Crippen LogP contribution >= 0.6 is 11.8 Å². The molecule has 1 saturated carbocycles. The maximum atomic E-state index is 11.4. The van der Waals surface area contributed by atoms with Crippen LogP contribution in [0.3, 0.4) is 0 Å². The predicted octanol–water partition coefficient (Wildman–Crippen LogP) is 3.72. The van der Waals surface area contributed by atoms with E-state index in [1.165, 1.54) is 30.6 Å². The number of carbonyl (C=O) groups excluding carboxylic acids is 1. The number of hydrogen-bond donors (Lipinski definition) is 2. The Morgan fingerprint density at radius 3 is 3.11 bits per heavy atom. The van der Waals surface area contributed by atoms with E-state index in [-0.39, 0.29) is 5.91 Å². The molecular weight excluding hydrogens is 256 g/mol. The first-order valence-electron chi connectivity index (χ1n) is 7.04. The largest absolute Gasteiger partial charge is 0.382 e. The summed E-state index contributed by atoms with van der Waals surface area (Å²) in [5.41, 5.74) is 2.08. The lowest BCUT2D eigenvalue weighted by atomic mass is 9.87. The van der Waals surface area contributed by atoms with E-state index in [4.69, 9.17) is 0 Å². The summed E-state index contributed by atoms with van der Waals surface area (Å²) in [5.74, 6) is 1.44. The van der Waals surface area contributed by atoms with Crippen molar-refractivity contribution in [3.05, 3.63) is 18.2 Å². The molecule has 0 radical (unpaired) electrons. The summed E-state index contributed by atoms with van der Waals surface area (Å²) < 4.78 is 0. The maximum absolute atomic E-state index is 11.4. The van der Waals surface area contributed by atoms with Gasteiger partial charge in [-0.15, -0.1) is 11.8 Å². The standard InChI is InChI=1S/C15H20N2OS/c1-10-3-2-4-11(7-10)16-12-5-6-14-13(8-12)17-15(18)9-19-14/h5-6,8,10-11,16H,2-4,7,9H2,1H3,(H,17,18). The summed E-state index contributed by atoms with van der Waals surface area (Å²) >= 11 is 1.61. The van der Waals surface area contributed by atoms with Gasteiger partial charge in [0.25, 0.3) is 0 Å². The van der Waals surface area contributed by atoms with E-state index in [0.29, 0.717) is 11.8 Å². The van der Waals surface area contributed by atoms with Crippen molar-refractivity contribution in [3.8, 4) is 0 Å². The Balaban J connectivity index is 1.71. The van der Waals surface area contributed by atoms with E-state index in [9.17, 15) is 4.79 Å². The number of hydrogen-bond acceptors (Lipinski definition) is 3. The third-order valence-electron chi connectivity index (χ3n) is 3.92. The Morgan fingerprint density at radius 1 is 1.37 bits per heavy atom. The number of thioether (sulfide) groups is 1. The van der Waals surface area contributed by atoms with Gasteiger partial charge in [0.05, 0.1) is 11.4 Å². The predicted molar refractivity (Wildman–Crippen MR) is 80.8 cm³/mol. The highest BCUT2D eigenvalue weighted by Gasteiger charge is 2.20. The molecule has 0 aromatic heterocycles. The fourth-order valence-corrected chi connectivity index (χ4v) is 3.76. The summed E-state index contributed by atoms with van der Waals surface area (Å²) in [4.78, 5) is 12.6. The van der Waals surface area contributed by atoms with Crippen LogP contribution in [0.2, 0.25) is 0 Å². The van der Waals surface area contributed by atoms with Gasteiger partial charge in [-0.3, -0.25) is 4.79 Å². The molecule has 3 rings (SSSR count). The lowest BCUT2D eigenvalue weighted by Gasteiger charge is -2.28. The first-order chi connectivity index (χ1) is 9.20. The molecule has 1 fully saturated rings. The Bertz CT molecular complexity index is 489. The van der Waals surface area contributed by atoms with E-state index >= 15 is 0 Å². The second kappa shape index (κ2) is 5.45. The Morgan fingerprint density at radius 2 is 2.26 bits per heavy atom. The van der Waals surface area contributed by atoms with Crippen LogP contribution in [0.15, 0.2) is 23.1 Å². The molecule has 1 aliphatic carbocycles. The molecule has 1 aromatic rings. The fraction of sp³-hybridized carbons (Fsp3) is 0.533. The van der Waals surface area contributed by atoms with Crippen LogP contribution in [0.25, 0.3) is 0 Å². The zero-order valence-corrected chi connectivity index (χ0v) is 12.1. The van der Waals surface area contributed by atoms with Gasteiger partial charge in [0.2, 0.25) is 5.91 Å². The first kappa shape index (κ1) is 12.9. The average molecular weight is 276 g/mol. The van der Waals surface area contributed by atoms with Gasteiger partial charge >= 0.3 is 0 Å². The van der Waals surface area contributed by atoms with Crippen molar-refractivity contribution in [2.75, 3.05) is 16.4 Å². The summed E-state index contributed by atoms with van der Waals surface area (Å²) in [6.45, 7) is 2.33. The van der Waals surface area contributed by atoms with Crippen molar-refractivity contribution in [3.63, 3.8) is 0 Å². The third-order valence-corrected chi connectivity index (χ3v) is 4.99. The van der Waals surface area contributed by atoms with Crippen LogP contribution in [0.4, 0.5) is 11.4 Å². The van der Waals surface area contributed by atoms with Crippen molar-refractivity contribution in [2.24, 2.45) is 5.92 Å². The lowest BCUT2D eigenvalue weighted by Crippen LogP contribution is -2.26. The van der Waals surface area contributed by atoms with Crippen molar-refractivity contribution >= 4 is 29.0 Å². The van der Waals surface area contributed by atoms with E-state index in [0.717, 1.165) is 17.3 Å². The molecule has 3 nitrogen and oxygen atoms in total. The number of benzene rings is 1. The normalized spacial score (nSPS) is 26.5. The first-order valence-corrected chi connectivity index (χ1v) is 8.02. The van der Waals surface area contributed by atoms with Crippen molar-refractivity contribution in [2.45, 2.75) is 43.5 Å². The van der Waals surface area contributed by atoms with Crippen LogP contribution in [0.5, 0.6) is 0 Å². The van der Waals surface area contributed by atoms with Gasteiger partial charge in [0.15, 0.2) is 0 Å². The second-order valence-electron chi connectivity index (χ2n) is 5.66. The summed E-state index contributed by atoms with van der Waals surface area (Å²) in [6.07, 6.45) is 5.17. The van der Waals surface area contributed by atoms with Crippen LogP contribution in [-0.2, 0) is 4.79 Å². The van der Waals surface area contributed by atoms with E-state index < -0.39 is 0 Å². The minimum atomic E-state index is 0.0981. The second-order valence-corrected chi connectivity index (χ2v) is 6.68. The van der Waals surface area contributed by atoms with Crippen LogP contribution in [0.1, 0.15) is 32.6 Å². The molecule has 2 unspecified atom stereocenters. The molecule has 102 valence electrons.